The molecule has 0 heterocycles. The van der Waals surface area contributed by atoms with Gasteiger partial charge in [0.1, 0.15) is 0 Å². The molecule has 0 nitrogen and oxygen atoms in total. The maximum absolute atomic E-state index is 2.28. The molecule has 0 saturated heterocycles. The normalized spacial score (nSPS) is 10.5. The topological polar surface area (TPSA) is 0 Å². The first-order valence-corrected chi connectivity index (χ1v) is 16.0. The van der Waals surface area contributed by atoms with E-state index in [-0.39, 0.29) is 26.2 Å². The summed E-state index contributed by atoms with van der Waals surface area (Å²) in [7, 11) is 1.08. The third kappa shape index (κ3) is 6.61. The second-order valence-corrected chi connectivity index (χ2v) is 11.5. The van der Waals surface area contributed by atoms with Crippen LogP contribution < -0.4 is 0 Å². The van der Waals surface area contributed by atoms with Crippen LogP contribution >= 0.6 is 0 Å². The third-order valence-corrected chi connectivity index (χ3v) is 7.49. The molecule has 7 aromatic carbocycles. The summed E-state index contributed by atoms with van der Waals surface area (Å²) in [5.74, 6) is 0. The van der Waals surface area contributed by atoms with Gasteiger partial charge in [-0.2, -0.15) is 11.6 Å². The van der Waals surface area contributed by atoms with E-state index in [9.17, 15) is 0 Å². The van der Waals surface area contributed by atoms with Crippen molar-refractivity contribution in [1.82, 2.24) is 0 Å². The Morgan fingerprint density at radius 2 is 1.10 bits per heavy atom. The molecule has 0 N–H and O–H groups in total. The van der Waals surface area contributed by atoms with E-state index in [4.69, 9.17) is 0 Å². The van der Waals surface area contributed by atoms with Crippen molar-refractivity contribution in [2.24, 2.45) is 0 Å². The second-order valence-electron chi connectivity index (χ2n) is 10.5. The Morgan fingerprint density at radius 1 is 0.537 bits per heavy atom. The van der Waals surface area contributed by atoms with Crippen LogP contribution in [0.15, 0.2) is 127 Å². The molecular weight excluding hydrogens is 588 g/mol. The van der Waals surface area contributed by atoms with Gasteiger partial charge in [0.05, 0.1) is 0 Å². The molecule has 2 radical (unpaired) electrons. The van der Waals surface area contributed by atoms with Gasteiger partial charge in [0.25, 0.3) is 0 Å². The summed E-state index contributed by atoms with van der Waals surface area (Å²) >= 11 is 0. The zero-order valence-corrected chi connectivity index (χ0v) is 28.1. The van der Waals surface area contributed by atoms with Gasteiger partial charge in [-0.3, -0.25) is 0 Å². The fourth-order valence-corrected chi connectivity index (χ4v) is 5.59. The minimum Gasteiger partial charge on any atom is -0.165 e. The molecule has 0 aliphatic carbocycles. The van der Waals surface area contributed by atoms with Crippen molar-refractivity contribution < 1.29 is 26.2 Å². The van der Waals surface area contributed by atoms with Crippen LogP contribution in [0.4, 0.5) is 0 Å². The molecule has 0 amide bonds. The molecule has 200 valence electrons. The fraction of sp³-hybridized carbons (Fsp3) is 0.128. The van der Waals surface area contributed by atoms with Crippen molar-refractivity contribution in [1.29, 1.82) is 0 Å². The number of aryl methyl sites for hydroxylation is 3. The fourth-order valence-electron chi connectivity index (χ4n) is 5.59. The molecule has 0 bridgehead atoms. The van der Waals surface area contributed by atoms with Crippen molar-refractivity contribution in [3.05, 3.63) is 144 Å². The summed E-state index contributed by atoms with van der Waals surface area (Å²) in [5.41, 5.74) is 9.39. The van der Waals surface area contributed by atoms with Crippen molar-refractivity contribution in [2.75, 3.05) is 0 Å². The van der Waals surface area contributed by atoms with E-state index in [1.807, 2.05) is 0 Å². The van der Waals surface area contributed by atoms with E-state index in [1.165, 1.54) is 71.3 Å². The number of hydrogen-bond acceptors (Lipinski definition) is 0. The van der Waals surface area contributed by atoms with E-state index in [0.717, 1.165) is 9.52 Å². The molecule has 2 heteroatoms. The van der Waals surface area contributed by atoms with Gasteiger partial charge in [0.15, 0.2) is 0 Å². The van der Waals surface area contributed by atoms with Crippen LogP contribution in [0.2, 0.25) is 13.1 Å². The van der Waals surface area contributed by atoms with Crippen LogP contribution in [0.25, 0.3) is 54.6 Å². The van der Waals surface area contributed by atoms with Gasteiger partial charge in [0, 0.05) is 9.52 Å². The van der Waals surface area contributed by atoms with E-state index < -0.39 is 0 Å². The van der Waals surface area contributed by atoms with E-state index in [0.29, 0.717) is 0 Å². The molecule has 41 heavy (non-hydrogen) atoms. The number of benzene rings is 5. The number of hydrogen-bond donors (Lipinski definition) is 0. The largest absolute Gasteiger partial charge is 2.00 e. The Morgan fingerprint density at radius 3 is 1.83 bits per heavy atom. The van der Waals surface area contributed by atoms with Crippen molar-refractivity contribution in [3.8, 4) is 22.3 Å². The van der Waals surface area contributed by atoms with Gasteiger partial charge in [-0.25, -0.2) is 0 Å². The number of rotatable bonds is 2. The van der Waals surface area contributed by atoms with Gasteiger partial charge in [-0.15, -0.1) is 69.1 Å². The number of fused-ring (bicyclic) bond motifs is 3. The van der Waals surface area contributed by atoms with Crippen molar-refractivity contribution >= 4 is 41.8 Å². The Labute approximate surface area is 266 Å². The molecule has 0 aliphatic rings. The zero-order valence-electron chi connectivity index (χ0n) is 24.6. The van der Waals surface area contributed by atoms with Gasteiger partial charge >= 0.3 is 26.2 Å². The minimum absolute atomic E-state index is 0. The molecule has 0 spiro atoms. The Balaban J connectivity index is 0.000000171. The summed E-state index contributed by atoms with van der Waals surface area (Å²) in [6.45, 7) is 10.9. The first-order valence-electron chi connectivity index (χ1n) is 14.0. The Bertz CT molecular complexity index is 1870. The molecule has 0 aliphatic heterocycles. The van der Waals surface area contributed by atoms with Gasteiger partial charge < -0.3 is 0 Å². The maximum atomic E-state index is 2.28. The molecule has 0 fully saturated rings. The van der Waals surface area contributed by atoms with Crippen LogP contribution in [0, 0.1) is 20.8 Å². The van der Waals surface area contributed by atoms with Gasteiger partial charge in [-0.05, 0) is 21.9 Å². The standard InChI is InChI=1S/C20H15.C17H15.C2H6Si.Zr/c1-14-12-16-8-5-11-19(20(16)13-14)18-10-4-7-15-6-2-3-9-17(15)18;1-12-11-15-9-6-10-16(17(15)13(12)2)14-7-4-3-5-8-14;1-3-2;/h2-13H,1H3;3-11H,1-2H3;1-2H3;/q2*-1;;+2. The van der Waals surface area contributed by atoms with E-state index in [1.54, 1.807) is 0 Å². The second kappa shape index (κ2) is 14.0. The predicted molar refractivity (Wildman–Crippen MR) is 179 cm³/mol. The first kappa shape index (κ1) is 30.6. The van der Waals surface area contributed by atoms with Crippen LogP contribution in [-0.2, 0) is 26.2 Å². The summed E-state index contributed by atoms with van der Waals surface area (Å²) in [5, 5.41) is 8.04. The van der Waals surface area contributed by atoms with Crippen molar-refractivity contribution in [3.63, 3.8) is 0 Å². The molecule has 7 rings (SSSR count). The van der Waals surface area contributed by atoms with Crippen LogP contribution in [0.3, 0.4) is 0 Å². The summed E-state index contributed by atoms with van der Waals surface area (Å²) in [4.78, 5) is 0. The first-order chi connectivity index (χ1) is 19.5. The maximum Gasteiger partial charge on any atom is 2.00 e. The van der Waals surface area contributed by atoms with E-state index in [2.05, 4.69) is 161 Å². The average molecular weight is 624 g/mol. The Kier molecular flexibility index (Phi) is 10.5. The van der Waals surface area contributed by atoms with Gasteiger partial charge in [-0.1, -0.05) is 130 Å². The summed E-state index contributed by atoms with van der Waals surface area (Å²) in [6, 6.07) is 45.7. The van der Waals surface area contributed by atoms with Crippen LogP contribution in [0.1, 0.15) is 16.7 Å². The molecule has 0 aromatic heterocycles. The average Bonchev–Trinajstić information content (AvgIpc) is 3.51. The minimum atomic E-state index is 0. The third-order valence-electron chi connectivity index (χ3n) is 7.49. The van der Waals surface area contributed by atoms with E-state index >= 15 is 0 Å². The Hall–Kier alpha value is -3.32. The molecular formula is C39H36SiZr. The molecule has 7 aromatic rings. The van der Waals surface area contributed by atoms with Gasteiger partial charge in [0.2, 0.25) is 0 Å². The monoisotopic (exact) mass is 622 g/mol. The molecule has 0 unspecified atom stereocenters. The quantitative estimate of drug-likeness (QED) is 0.133. The van der Waals surface area contributed by atoms with Crippen LogP contribution in [0.5, 0.6) is 0 Å². The SMILES string of the molecule is C[Si]C.Cc1[cH-]c2cccc(-c3ccccc3)c2c1C.Cc1cc2c(-c3cccc4ccccc34)cccc2[cH-]1.[Zr+2]. The van der Waals surface area contributed by atoms with Crippen LogP contribution in [-0.4, -0.2) is 9.52 Å². The summed E-state index contributed by atoms with van der Waals surface area (Å²) in [6.07, 6.45) is 0. The predicted octanol–water partition coefficient (Wildman–Crippen LogP) is 11.3. The smallest absolute Gasteiger partial charge is 0.165 e. The van der Waals surface area contributed by atoms with Crippen molar-refractivity contribution in [2.45, 2.75) is 33.9 Å². The zero-order chi connectivity index (χ0) is 28.1. The summed E-state index contributed by atoms with van der Waals surface area (Å²) < 4.78 is 0. The molecule has 0 saturated carbocycles. The molecule has 0 atom stereocenters.